The molecule has 1 aliphatic rings. The second kappa shape index (κ2) is 6.86. The molecule has 1 atom stereocenters. The summed E-state index contributed by atoms with van der Waals surface area (Å²) in [7, 11) is 0. The molecule has 0 bridgehead atoms. The van der Waals surface area contributed by atoms with E-state index in [1.807, 2.05) is 37.1 Å². The number of anilines is 2. The standard InChI is InChI=1S/C16H23N7O/c1-3-13(23-6-4-5-18-23)15(24)22-9-7-21(8-10-22)14-11-12(2)19-16(17)20-14/h4-6,11,13H,3,7-10H2,1-2H3,(H2,17,19,20)/t13-/m1/s1. The third kappa shape index (κ3) is 3.32. The number of hydrogen-bond donors (Lipinski definition) is 1. The van der Waals surface area contributed by atoms with Gasteiger partial charge in [-0.05, 0) is 19.4 Å². The highest BCUT2D eigenvalue weighted by Gasteiger charge is 2.28. The van der Waals surface area contributed by atoms with E-state index >= 15 is 0 Å². The average Bonchev–Trinajstić information content (AvgIpc) is 3.09. The van der Waals surface area contributed by atoms with Crippen molar-refractivity contribution in [1.82, 2.24) is 24.6 Å². The molecule has 0 unspecified atom stereocenters. The van der Waals surface area contributed by atoms with Crippen molar-refractivity contribution in [2.24, 2.45) is 0 Å². The number of nitrogens with two attached hydrogens (primary N) is 1. The number of amides is 1. The maximum absolute atomic E-state index is 12.8. The Morgan fingerprint density at radius 2 is 2.04 bits per heavy atom. The van der Waals surface area contributed by atoms with Crippen molar-refractivity contribution in [3.63, 3.8) is 0 Å². The third-order valence-corrected chi connectivity index (χ3v) is 4.29. The Balaban J connectivity index is 1.65. The van der Waals surface area contributed by atoms with Gasteiger partial charge in [-0.3, -0.25) is 9.48 Å². The molecule has 1 saturated heterocycles. The number of hydrogen-bond acceptors (Lipinski definition) is 6. The number of aryl methyl sites for hydroxylation is 1. The molecular weight excluding hydrogens is 306 g/mol. The summed E-state index contributed by atoms with van der Waals surface area (Å²) in [6, 6.07) is 3.53. The highest BCUT2D eigenvalue weighted by atomic mass is 16.2. The van der Waals surface area contributed by atoms with E-state index in [2.05, 4.69) is 20.0 Å². The summed E-state index contributed by atoms with van der Waals surface area (Å²) in [6.45, 7) is 6.71. The predicted molar refractivity (Wildman–Crippen MR) is 91.5 cm³/mol. The van der Waals surface area contributed by atoms with Crippen LogP contribution in [-0.4, -0.2) is 56.7 Å². The van der Waals surface area contributed by atoms with E-state index in [1.165, 1.54) is 0 Å². The van der Waals surface area contributed by atoms with Crippen molar-refractivity contribution < 1.29 is 4.79 Å². The van der Waals surface area contributed by atoms with Gasteiger partial charge in [0.15, 0.2) is 0 Å². The molecule has 1 fully saturated rings. The molecule has 3 heterocycles. The molecular formula is C16H23N7O. The summed E-state index contributed by atoms with van der Waals surface area (Å²) in [6.07, 6.45) is 4.27. The maximum atomic E-state index is 12.8. The normalized spacial score (nSPS) is 16.2. The summed E-state index contributed by atoms with van der Waals surface area (Å²) in [5, 5.41) is 4.21. The fraction of sp³-hybridized carbons (Fsp3) is 0.500. The molecule has 0 radical (unpaired) electrons. The lowest BCUT2D eigenvalue weighted by Gasteiger charge is -2.37. The smallest absolute Gasteiger partial charge is 0.247 e. The highest BCUT2D eigenvalue weighted by Crippen LogP contribution is 2.19. The largest absolute Gasteiger partial charge is 0.368 e. The molecule has 3 rings (SSSR count). The van der Waals surface area contributed by atoms with Gasteiger partial charge in [-0.15, -0.1) is 0 Å². The molecule has 24 heavy (non-hydrogen) atoms. The van der Waals surface area contributed by atoms with E-state index in [0.29, 0.717) is 13.1 Å². The van der Waals surface area contributed by atoms with E-state index in [9.17, 15) is 4.79 Å². The second-order valence-corrected chi connectivity index (χ2v) is 5.95. The van der Waals surface area contributed by atoms with E-state index in [1.54, 1.807) is 10.9 Å². The topological polar surface area (TPSA) is 93.2 Å². The average molecular weight is 329 g/mol. The molecule has 2 N–H and O–H groups in total. The number of carbonyl (C=O) groups excluding carboxylic acids is 1. The van der Waals surface area contributed by atoms with Gasteiger partial charge in [0.1, 0.15) is 11.9 Å². The van der Waals surface area contributed by atoms with Crippen LogP contribution < -0.4 is 10.6 Å². The first-order chi connectivity index (χ1) is 11.6. The van der Waals surface area contributed by atoms with Crippen molar-refractivity contribution in [3.05, 3.63) is 30.2 Å². The lowest BCUT2D eigenvalue weighted by Crippen LogP contribution is -2.51. The Hall–Kier alpha value is -2.64. The first-order valence-corrected chi connectivity index (χ1v) is 8.22. The van der Waals surface area contributed by atoms with Gasteiger partial charge in [0, 0.05) is 50.3 Å². The van der Waals surface area contributed by atoms with Gasteiger partial charge in [-0.1, -0.05) is 6.92 Å². The Kier molecular flexibility index (Phi) is 4.64. The Morgan fingerprint density at radius 3 is 2.62 bits per heavy atom. The molecule has 0 saturated carbocycles. The van der Waals surface area contributed by atoms with Crippen LogP contribution in [0.25, 0.3) is 0 Å². The van der Waals surface area contributed by atoms with Crippen LogP contribution in [0.2, 0.25) is 0 Å². The number of aromatic nitrogens is 4. The van der Waals surface area contributed by atoms with Gasteiger partial charge in [0.2, 0.25) is 11.9 Å². The van der Waals surface area contributed by atoms with Crippen LogP contribution in [0.1, 0.15) is 25.1 Å². The molecule has 0 spiro atoms. The van der Waals surface area contributed by atoms with E-state index in [0.717, 1.165) is 31.0 Å². The molecule has 1 aliphatic heterocycles. The van der Waals surface area contributed by atoms with Crippen LogP contribution in [0, 0.1) is 6.92 Å². The van der Waals surface area contributed by atoms with Crippen LogP contribution in [0.4, 0.5) is 11.8 Å². The van der Waals surface area contributed by atoms with Crippen LogP contribution >= 0.6 is 0 Å². The molecule has 0 aliphatic carbocycles. The van der Waals surface area contributed by atoms with Crippen LogP contribution in [0.5, 0.6) is 0 Å². The first kappa shape index (κ1) is 16.2. The predicted octanol–water partition coefficient (Wildman–Crippen LogP) is 0.864. The van der Waals surface area contributed by atoms with Gasteiger partial charge < -0.3 is 15.5 Å². The number of nitrogens with zero attached hydrogens (tertiary/aromatic N) is 6. The molecule has 2 aromatic rings. The van der Waals surface area contributed by atoms with Crippen molar-refractivity contribution >= 4 is 17.7 Å². The first-order valence-electron chi connectivity index (χ1n) is 8.22. The minimum atomic E-state index is -0.233. The highest BCUT2D eigenvalue weighted by molar-refractivity contribution is 5.80. The summed E-state index contributed by atoms with van der Waals surface area (Å²) < 4.78 is 1.74. The number of rotatable bonds is 4. The summed E-state index contributed by atoms with van der Waals surface area (Å²) in [4.78, 5) is 25.2. The SMILES string of the molecule is CC[C@H](C(=O)N1CCN(c2cc(C)nc(N)n2)CC1)n1cccn1. The molecule has 128 valence electrons. The minimum Gasteiger partial charge on any atom is -0.368 e. The number of carbonyl (C=O) groups is 1. The molecule has 2 aromatic heterocycles. The zero-order valence-electron chi connectivity index (χ0n) is 14.1. The number of piperazine rings is 1. The van der Waals surface area contributed by atoms with Gasteiger partial charge in [-0.2, -0.15) is 10.1 Å². The van der Waals surface area contributed by atoms with E-state index in [-0.39, 0.29) is 17.9 Å². The van der Waals surface area contributed by atoms with E-state index in [4.69, 9.17) is 5.73 Å². The zero-order valence-corrected chi connectivity index (χ0v) is 14.1. The minimum absolute atomic E-state index is 0.124. The Labute approximate surface area is 141 Å². The van der Waals surface area contributed by atoms with Gasteiger partial charge in [0.25, 0.3) is 0 Å². The van der Waals surface area contributed by atoms with Crippen molar-refractivity contribution in [1.29, 1.82) is 0 Å². The van der Waals surface area contributed by atoms with Gasteiger partial charge >= 0.3 is 0 Å². The third-order valence-electron chi connectivity index (χ3n) is 4.29. The summed E-state index contributed by atoms with van der Waals surface area (Å²) >= 11 is 0. The molecule has 8 heteroatoms. The van der Waals surface area contributed by atoms with Crippen LogP contribution in [0.15, 0.2) is 24.5 Å². The Bertz CT molecular complexity index is 672. The van der Waals surface area contributed by atoms with Gasteiger partial charge in [0.05, 0.1) is 0 Å². The summed E-state index contributed by atoms with van der Waals surface area (Å²) in [5.74, 6) is 1.23. The monoisotopic (exact) mass is 329 g/mol. The maximum Gasteiger partial charge on any atom is 0.247 e. The quantitative estimate of drug-likeness (QED) is 0.894. The fourth-order valence-corrected chi connectivity index (χ4v) is 3.04. The fourth-order valence-electron chi connectivity index (χ4n) is 3.04. The lowest BCUT2D eigenvalue weighted by molar-refractivity contribution is -0.135. The lowest BCUT2D eigenvalue weighted by atomic mass is 10.1. The van der Waals surface area contributed by atoms with Crippen LogP contribution in [0.3, 0.4) is 0 Å². The zero-order chi connectivity index (χ0) is 17.1. The molecule has 8 nitrogen and oxygen atoms in total. The molecule has 1 amide bonds. The van der Waals surface area contributed by atoms with Crippen LogP contribution in [-0.2, 0) is 4.79 Å². The van der Waals surface area contributed by atoms with Crippen molar-refractivity contribution in [2.45, 2.75) is 26.3 Å². The van der Waals surface area contributed by atoms with Crippen molar-refractivity contribution in [2.75, 3.05) is 36.8 Å². The number of nitrogen functional groups attached to an aromatic ring is 1. The van der Waals surface area contributed by atoms with E-state index < -0.39 is 0 Å². The summed E-state index contributed by atoms with van der Waals surface area (Å²) in [5.41, 5.74) is 6.58. The molecule has 0 aromatic carbocycles. The van der Waals surface area contributed by atoms with Gasteiger partial charge in [-0.25, -0.2) is 4.98 Å². The Morgan fingerprint density at radius 1 is 1.29 bits per heavy atom. The second-order valence-electron chi connectivity index (χ2n) is 5.95. The van der Waals surface area contributed by atoms with Crippen molar-refractivity contribution in [3.8, 4) is 0 Å².